The molecule has 1 spiro atoms. The van der Waals surface area contributed by atoms with Crippen LogP contribution in [0.1, 0.15) is 30.4 Å². The van der Waals surface area contributed by atoms with E-state index in [2.05, 4.69) is 37.4 Å². The van der Waals surface area contributed by atoms with Crippen LogP contribution in [0.5, 0.6) is 0 Å². The van der Waals surface area contributed by atoms with Crippen LogP contribution in [0, 0.1) is 13.8 Å². The van der Waals surface area contributed by atoms with Gasteiger partial charge in [0.2, 0.25) is 0 Å². The second-order valence-corrected chi connectivity index (χ2v) is 7.07. The summed E-state index contributed by atoms with van der Waals surface area (Å²) in [7, 11) is 0. The number of benzene rings is 1. The van der Waals surface area contributed by atoms with Crippen LogP contribution in [0.3, 0.4) is 0 Å². The van der Waals surface area contributed by atoms with E-state index >= 15 is 0 Å². The molecule has 2 aliphatic heterocycles. The van der Waals surface area contributed by atoms with Gasteiger partial charge in [0.15, 0.2) is 0 Å². The molecule has 2 unspecified atom stereocenters. The molecule has 2 fully saturated rings. The topological polar surface area (TPSA) is 21.3 Å². The zero-order chi connectivity index (χ0) is 13.3. The van der Waals surface area contributed by atoms with Crippen molar-refractivity contribution in [3.05, 3.63) is 29.3 Å². The van der Waals surface area contributed by atoms with Crippen molar-refractivity contribution in [2.45, 2.75) is 44.8 Å². The lowest BCUT2D eigenvalue weighted by molar-refractivity contribution is -0.0628. The minimum atomic E-state index is 0.167. The molecule has 104 valence electrons. The van der Waals surface area contributed by atoms with Gasteiger partial charge in [-0.3, -0.25) is 0 Å². The minimum absolute atomic E-state index is 0.167. The fourth-order valence-electron chi connectivity index (χ4n) is 3.08. The predicted octanol–water partition coefficient (Wildman–Crippen LogP) is 3.77. The van der Waals surface area contributed by atoms with Crippen molar-refractivity contribution in [1.29, 1.82) is 0 Å². The van der Waals surface area contributed by atoms with E-state index in [0.717, 1.165) is 19.4 Å². The van der Waals surface area contributed by atoms with Crippen LogP contribution in [0.2, 0.25) is 0 Å². The van der Waals surface area contributed by atoms with Gasteiger partial charge in [0.1, 0.15) is 0 Å². The summed E-state index contributed by atoms with van der Waals surface area (Å²) in [6, 6.07) is 7.24. The summed E-state index contributed by atoms with van der Waals surface area (Å²) in [5.41, 5.74) is 4.15. The van der Waals surface area contributed by atoms with Gasteiger partial charge in [0, 0.05) is 24.1 Å². The van der Waals surface area contributed by atoms with Crippen LogP contribution in [0.4, 0.5) is 5.69 Å². The molecule has 1 aromatic rings. The smallest absolute Gasteiger partial charge is 0.0799 e. The molecule has 2 atom stereocenters. The summed E-state index contributed by atoms with van der Waals surface area (Å²) in [5, 5.41) is 3.71. The molecule has 2 saturated heterocycles. The number of nitrogens with one attached hydrogen (secondary N) is 1. The van der Waals surface area contributed by atoms with E-state index < -0.39 is 0 Å². The Balaban J connectivity index is 1.67. The number of anilines is 1. The number of hydrogen-bond donors (Lipinski definition) is 1. The Morgan fingerprint density at radius 1 is 1.32 bits per heavy atom. The van der Waals surface area contributed by atoms with E-state index in [-0.39, 0.29) is 5.60 Å². The molecule has 0 bridgehead atoms. The first-order chi connectivity index (χ1) is 9.17. The van der Waals surface area contributed by atoms with Crippen molar-refractivity contribution in [2.75, 3.05) is 23.4 Å². The average Bonchev–Trinajstić information content (AvgIpc) is 2.82. The first kappa shape index (κ1) is 13.3. The van der Waals surface area contributed by atoms with E-state index in [0.29, 0.717) is 6.04 Å². The van der Waals surface area contributed by atoms with Crippen molar-refractivity contribution in [3.63, 3.8) is 0 Å². The van der Waals surface area contributed by atoms with E-state index in [4.69, 9.17) is 4.74 Å². The molecule has 1 aromatic carbocycles. The van der Waals surface area contributed by atoms with Crippen LogP contribution in [-0.2, 0) is 4.74 Å². The molecule has 0 radical (unpaired) electrons. The van der Waals surface area contributed by atoms with E-state index in [1.54, 1.807) is 0 Å². The van der Waals surface area contributed by atoms with Crippen molar-refractivity contribution in [1.82, 2.24) is 0 Å². The predicted molar refractivity (Wildman–Crippen MR) is 83.2 cm³/mol. The molecule has 2 aliphatic rings. The summed E-state index contributed by atoms with van der Waals surface area (Å²) in [6.45, 7) is 5.25. The molecule has 3 rings (SSSR count). The third-order valence-electron chi connectivity index (χ3n) is 4.44. The van der Waals surface area contributed by atoms with E-state index in [1.807, 2.05) is 11.8 Å². The van der Waals surface area contributed by atoms with Gasteiger partial charge in [-0.2, -0.15) is 11.8 Å². The van der Waals surface area contributed by atoms with Gasteiger partial charge in [0.25, 0.3) is 0 Å². The Kier molecular flexibility index (Phi) is 3.77. The standard InChI is InChI=1S/C16H23NOS/c1-12-3-4-14(9-13(12)2)17-15-5-7-18-16(10-15)6-8-19-11-16/h3-4,9,15,17H,5-8,10-11H2,1-2H3. The highest BCUT2D eigenvalue weighted by molar-refractivity contribution is 7.99. The quantitative estimate of drug-likeness (QED) is 0.889. The van der Waals surface area contributed by atoms with Crippen molar-refractivity contribution >= 4 is 17.4 Å². The van der Waals surface area contributed by atoms with Gasteiger partial charge >= 0.3 is 0 Å². The third-order valence-corrected chi connectivity index (χ3v) is 5.66. The molecule has 2 heterocycles. The van der Waals surface area contributed by atoms with Gasteiger partial charge in [-0.15, -0.1) is 0 Å². The maximum absolute atomic E-state index is 6.08. The Hall–Kier alpha value is -0.670. The number of aryl methyl sites for hydroxylation is 2. The van der Waals surface area contributed by atoms with Crippen LogP contribution in [-0.4, -0.2) is 29.8 Å². The fourth-order valence-corrected chi connectivity index (χ4v) is 4.46. The van der Waals surface area contributed by atoms with E-state index in [1.165, 1.54) is 34.7 Å². The molecule has 19 heavy (non-hydrogen) atoms. The maximum Gasteiger partial charge on any atom is 0.0799 e. The zero-order valence-electron chi connectivity index (χ0n) is 11.9. The molecule has 1 N–H and O–H groups in total. The summed E-state index contributed by atoms with van der Waals surface area (Å²) in [4.78, 5) is 0. The van der Waals surface area contributed by atoms with Gasteiger partial charge in [0.05, 0.1) is 5.60 Å². The van der Waals surface area contributed by atoms with Gasteiger partial charge < -0.3 is 10.1 Å². The largest absolute Gasteiger partial charge is 0.382 e. The summed E-state index contributed by atoms with van der Waals surface area (Å²) < 4.78 is 6.08. The molecular formula is C16H23NOS. The minimum Gasteiger partial charge on any atom is -0.382 e. The number of rotatable bonds is 2. The number of thioether (sulfide) groups is 1. The van der Waals surface area contributed by atoms with Crippen molar-refractivity contribution < 1.29 is 4.74 Å². The van der Waals surface area contributed by atoms with Gasteiger partial charge in [-0.25, -0.2) is 0 Å². The molecule has 0 aromatic heterocycles. The summed E-state index contributed by atoms with van der Waals surface area (Å²) >= 11 is 2.04. The average molecular weight is 277 g/mol. The van der Waals surface area contributed by atoms with Gasteiger partial charge in [-0.1, -0.05) is 6.07 Å². The maximum atomic E-state index is 6.08. The third kappa shape index (κ3) is 2.92. The summed E-state index contributed by atoms with van der Waals surface area (Å²) in [6.07, 6.45) is 3.51. The first-order valence-electron chi connectivity index (χ1n) is 7.22. The Bertz CT molecular complexity index is 454. The molecule has 3 heteroatoms. The highest BCUT2D eigenvalue weighted by atomic mass is 32.2. The van der Waals surface area contributed by atoms with Crippen LogP contribution >= 0.6 is 11.8 Å². The lowest BCUT2D eigenvalue weighted by Crippen LogP contribution is -2.44. The molecule has 0 saturated carbocycles. The lowest BCUT2D eigenvalue weighted by atomic mass is 9.89. The Labute approximate surface area is 120 Å². The highest BCUT2D eigenvalue weighted by Crippen LogP contribution is 2.39. The van der Waals surface area contributed by atoms with Crippen LogP contribution in [0.25, 0.3) is 0 Å². The van der Waals surface area contributed by atoms with Gasteiger partial charge in [-0.05, 0) is 62.1 Å². The van der Waals surface area contributed by atoms with Crippen molar-refractivity contribution in [2.24, 2.45) is 0 Å². The number of ether oxygens (including phenoxy) is 1. The molecule has 0 amide bonds. The Morgan fingerprint density at radius 2 is 2.21 bits per heavy atom. The van der Waals surface area contributed by atoms with Crippen LogP contribution < -0.4 is 5.32 Å². The second-order valence-electron chi connectivity index (χ2n) is 5.97. The van der Waals surface area contributed by atoms with Crippen molar-refractivity contribution in [3.8, 4) is 0 Å². The molecule has 2 nitrogen and oxygen atoms in total. The summed E-state index contributed by atoms with van der Waals surface area (Å²) in [5.74, 6) is 2.44. The normalized spacial score (nSPS) is 30.7. The second kappa shape index (κ2) is 5.37. The molecule has 0 aliphatic carbocycles. The highest BCUT2D eigenvalue weighted by Gasteiger charge is 2.40. The first-order valence-corrected chi connectivity index (χ1v) is 8.38. The SMILES string of the molecule is Cc1ccc(NC2CCOC3(CCSC3)C2)cc1C. The number of hydrogen-bond acceptors (Lipinski definition) is 3. The van der Waals surface area contributed by atoms with E-state index in [9.17, 15) is 0 Å². The zero-order valence-corrected chi connectivity index (χ0v) is 12.7. The monoisotopic (exact) mass is 277 g/mol. The lowest BCUT2D eigenvalue weighted by Gasteiger charge is -2.38. The Morgan fingerprint density at radius 3 is 2.95 bits per heavy atom. The fraction of sp³-hybridized carbons (Fsp3) is 0.625. The van der Waals surface area contributed by atoms with Crippen LogP contribution in [0.15, 0.2) is 18.2 Å². The molecular weight excluding hydrogens is 254 g/mol.